The van der Waals surface area contributed by atoms with Crippen molar-refractivity contribution in [2.75, 3.05) is 0 Å². The van der Waals surface area contributed by atoms with Crippen LogP contribution in [0.1, 0.15) is 18.3 Å². The number of rotatable bonds is 4. The molecule has 4 heteroatoms. The Bertz CT molecular complexity index is 494. The van der Waals surface area contributed by atoms with Gasteiger partial charge in [-0.05, 0) is 34.5 Å². The largest absolute Gasteiger partial charge is 0.487 e. The van der Waals surface area contributed by atoms with Gasteiger partial charge in [-0.15, -0.1) is 0 Å². The highest BCUT2D eigenvalue weighted by Crippen LogP contribution is 2.23. The van der Waals surface area contributed by atoms with Gasteiger partial charge in [0.2, 0.25) is 0 Å². The van der Waals surface area contributed by atoms with E-state index in [9.17, 15) is 0 Å². The van der Waals surface area contributed by atoms with Gasteiger partial charge in [-0.2, -0.15) is 5.10 Å². The molecule has 0 N–H and O–H groups in total. The topological polar surface area (TPSA) is 27.1 Å². The highest BCUT2D eigenvalue weighted by atomic mass is 79.9. The molecule has 0 aliphatic carbocycles. The number of para-hydroxylation sites is 1. The summed E-state index contributed by atoms with van der Waals surface area (Å²) in [5.41, 5.74) is 2.13. The Hall–Kier alpha value is -1.29. The summed E-state index contributed by atoms with van der Waals surface area (Å²) in [6.07, 6.45) is 0.916. The van der Waals surface area contributed by atoms with E-state index in [4.69, 9.17) is 4.74 Å². The first kappa shape index (κ1) is 12.2. The quantitative estimate of drug-likeness (QED) is 0.865. The van der Waals surface area contributed by atoms with Crippen LogP contribution in [0, 0.1) is 0 Å². The Balaban J connectivity index is 2.12. The van der Waals surface area contributed by atoms with E-state index in [2.05, 4.69) is 28.0 Å². The van der Waals surface area contributed by atoms with Crippen LogP contribution in [-0.2, 0) is 20.1 Å². The van der Waals surface area contributed by atoms with Crippen LogP contribution >= 0.6 is 15.9 Å². The van der Waals surface area contributed by atoms with Crippen molar-refractivity contribution in [1.29, 1.82) is 0 Å². The van der Waals surface area contributed by atoms with E-state index in [0.717, 1.165) is 28.0 Å². The van der Waals surface area contributed by atoms with Crippen LogP contribution in [0.4, 0.5) is 0 Å². The summed E-state index contributed by atoms with van der Waals surface area (Å²) < 4.78 is 8.64. The number of hydrogen-bond acceptors (Lipinski definition) is 2. The van der Waals surface area contributed by atoms with Crippen LogP contribution in [0.25, 0.3) is 0 Å². The summed E-state index contributed by atoms with van der Waals surface area (Å²) in [5.74, 6) is 0.874. The van der Waals surface area contributed by atoms with Crippen LogP contribution in [0.2, 0.25) is 0 Å². The molecule has 3 nitrogen and oxygen atoms in total. The number of hydrogen-bond donors (Lipinski definition) is 0. The number of aromatic nitrogens is 2. The maximum atomic E-state index is 5.72. The fraction of sp³-hybridized carbons (Fsp3) is 0.308. The van der Waals surface area contributed by atoms with Gasteiger partial charge in [-0.25, -0.2) is 0 Å². The number of benzene rings is 1. The lowest BCUT2D eigenvalue weighted by atomic mass is 10.3. The van der Waals surface area contributed by atoms with Gasteiger partial charge in [0.25, 0.3) is 0 Å². The van der Waals surface area contributed by atoms with E-state index in [1.165, 1.54) is 0 Å². The predicted molar refractivity (Wildman–Crippen MR) is 71.1 cm³/mol. The second-order valence-electron chi connectivity index (χ2n) is 3.79. The van der Waals surface area contributed by atoms with Crippen LogP contribution in [0.3, 0.4) is 0 Å². The highest BCUT2D eigenvalue weighted by molar-refractivity contribution is 9.10. The summed E-state index contributed by atoms with van der Waals surface area (Å²) in [6.45, 7) is 2.61. The highest BCUT2D eigenvalue weighted by Gasteiger charge is 2.12. The van der Waals surface area contributed by atoms with Gasteiger partial charge in [0.05, 0.1) is 15.9 Å². The van der Waals surface area contributed by atoms with Crippen molar-refractivity contribution in [2.45, 2.75) is 20.0 Å². The molecule has 0 aliphatic rings. The number of ether oxygens (including phenoxy) is 1. The first-order valence-electron chi connectivity index (χ1n) is 5.60. The van der Waals surface area contributed by atoms with Crippen molar-refractivity contribution >= 4 is 15.9 Å². The molecule has 0 saturated carbocycles. The second-order valence-corrected chi connectivity index (χ2v) is 4.58. The molecule has 2 aromatic rings. The monoisotopic (exact) mass is 294 g/mol. The Morgan fingerprint density at radius 2 is 2.00 bits per heavy atom. The van der Waals surface area contributed by atoms with Gasteiger partial charge < -0.3 is 4.74 Å². The van der Waals surface area contributed by atoms with E-state index >= 15 is 0 Å². The molecule has 0 radical (unpaired) electrons. The molecule has 90 valence electrons. The normalized spacial score (nSPS) is 10.5. The lowest BCUT2D eigenvalue weighted by Crippen LogP contribution is -2.03. The van der Waals surface area contributed by atoms with E-state index in [1.54, 1.807) is 0 Å². The molecule has 1 heterocycles. The second kappa shape index (κ2) is 5.36. The molecular weight excluding hydrogens is 280 g/mol. The third kappa shape index (κ3) is 2.69. The predicted octanol–water partition coefficient (Wildman–Crippen LogP) is 3.32. The molecule has 1 aromatic heterocycles. The van der Waals surface area contributed by atoms with E-state index < -0.39 is 0 Å². The molecule has 0 atom stereocenters. The van der Waals surface area contributed by atoms with Crippen LogP contribution in [0.15, 0.2) is 34.8 Å². The van der Waals surface area contributed by atoms with Crippen molar-refractivity contribution < 1.29 is 4.74 Å². The van der Waals surface area contributed by atoms with Crippen molar-refractivity contribution in [2.24, 2.45) is 7.05 Å². The van der Waals surface area contributed by atoms with Crippen LogP contribution in [0.5, 0.6) is 5.75 Å². The molecule has 0 bridgehead atoms. The lowest BCUT2D eigenvalue weighted by molar-refractivity contribution is 0.294. The number of halogens is 1. The van der Waals surface area contributed by atoms with Gasteiger partial charge in [0.1, 0.15) is 12.4 Å². The minimum atomic E-state index is 0.522. The SMILES string of the molecule is CCc1nn(C)c(COc2ccccc2)c1Br. The van der Waals surface area contributed by atoms with E-state index in [1.807, 2.05) is 42.1 Å². The zero-order valence-corrected chi connectivity index (χ0v) is 11.6. The fourth-order valence-electron chi connectivity index (χ4n) is 1.65. The summed E-state index contributed by atoms with van der Waals surface area (Å²) in [4.78, 5) is 0. The maximum absolute atomic E-state index is 5.72. The Kier molecular flexibility index (Phi) is 3.84. The van der Waals surface area contributed by atoms with Crippen LogP contribution < -0.4 is 4.74 Å². The minimum absolute atomic E-state index is 0.522. The van der Waals surface area contributed by atoms with E-state index in [0.29, 0.717) is 6.61 Å². The molecule has 0 unspecified atom stereocenters. The smallest absolute Gasteiger partial charge is 0.131 e. The first-order chi connectivity index (χ1) is 8.22. The third-order valence-corrected chi connectivity index (χ3v) is 3.54. The molecule has 0 saturated heterocycles. The number of nitrogens with zero attached hydrogens (tertiary/aromatic N) is 2. The number of aryl methyl sites for hydroxylation is 2. The summed E-state index contributed by atoms with van der Waals surface area (Å²) in [6, 6.07) is 9.80. The standard InChI is InChI=1S/C13H15BrN2O/c1-3-11-13(14)12(16(2)15-11)9-17-10-7-5-4-6-8-10/h4-8H,3,9H2,1-2H3. The van der Waals surface area contributed by atoms with Gasteiger partial charge >= 0.3 is 0 Å². The molecule has 17 heavy (non-hydrogen) atoms. The Labute approximate surface area is 110 Å². The first-order valence-corrected chi connectivity index (χ1v) is 6.39. The van der Waals surface area contributed by atoms with Gasteiger partial charge in [0.15, 0.2) is 0 Å². The Morgan fingerprint density at radius 1 is 1.29 bits per heavy atom. The van der Waals surface area contributed by atoms with Gasteiger partial charge in [-0.3, -0.25) is 4.68 Å². The van der Waals surface area contributed by atoms with Gasteiger partial charge in [-0.1, -0.05) is 25.1 Å². The molecular formula is C13H15BrN2O. The van der Waals surface area contributed by atoms with Crippen LogP contribution in [-0.4, -0.2) is 9.78 Å². The molecule has 0 amide bonds. The summed E-state index contributed by atoms with van der Waals surface area (Å²) in [5, 5.41) is 4.43. The van der Waals surface area contributed by atoms with E-state index in [-0.39, 0.29) is 0 Å². The van der Waals surface area contributed by atoms with Crippen molar-refractivity contribution in [3.63, 3.8) is 0 Å². The lowest BCUT2D eigenvalue weighted by Gasteiger charge is -2.06. The average molecular weight is 295 g/mol. The van der Waals surface area contributed by atoms with Crippen molar-refractivity contribution in [3.8, 4) is 5.75 Å². The third-order valence-electron chi connectivity index (χ3n) is 2.62. The summed E-state index contributed by atoms with van der Waals surface area (Å²) in [7, 11) is 1.94. The zero-order chi connectivity index (χ0) is 12.3. The molecule has 0 aliphatic heterocycles. The maximum Gasteiger partial charge on any atom is 0.131 e. The molecule has 0 fully saturated rings. The fourth-order valence-corrected chi connectivity index (χ4v) is 2.38. The Morgan fingerprint density at radius 3 is 2.59 bits per heavy atom. The zero-order valence-electron chi connectivity index (χ0n) is 9.98. The summed E-state index contributed by atoms with van der Waals surface area (Å²) >= 11 is 3.57. The molecule has 2 rings (SSSR count). The van der Waals surface area contributed by atoms with Crippen molar-refractivity contribution in [3.05, 3.63) is 46.2 Å². The minimum Gasteiger partial charge on any atom is -0.487 e. The van der Waals surface area contributed by atoms with Crippen molar-refractivity contribution in [1.82, 2.24) is 9.78 Å². The molecule has 0 spiro atoms. The molecule has 1 aromatic carbocycles. The van der Waals surface area contributed by atoms with Gasteiger partial charge in [0, 0.05) is 7.05 Å². The average Bonchev–Trinajstić information content (AvgIpc) is 2.63.